The van der Waals surface area contributed by atoms with Crippen LogP contribution in [0.2, 0.25) is 0 Å². The Morgan fingerprint density at radius 1 is 1.18 bits per heavy atom. The van der Waals surface area contributed by atoms with Crippen molar-refractivity contribution in [3.63, 3.8) is 0 Å². The van der Waals surface area contributed by atoms with Crippen molar-refractivity contribution in [2.45, 2.75) is 56.9 Å². The lowest BCUT2D eigenvalue weighted by atomic mass is 9.96. The lowest BCUT2D eigenvalue weighted by Gasteiger charge is -2.26. The average Bonchev–Trinajstić information content (AvgIpc) is 3.08. The molecule has 1 aromatic heterocycles. The van der Waals surface area contributed by atoms with Gasteiger partial charge in [-0.25, -0.2) is 0 Å². The standard InChI is InChI=1S/C16H23N3O3/c20-14(10-11-5-8-21-9-6-11)19-7-1-2-13(19)15-17-16(22-18-15)12-3-4-12/h11-13H,1-10H2. The Hall–Kier alpha value is -1.43. The Morgan fingerprint density at radius 3 is 2.77 bits per heavy atom. The topological polar surface area (TPSA) is 68.5 Å². The number of hydrogen-bond donors (Lipinski definition) is 0. The number of nitrogens with zero attached hydrogens (tertiary/aromatic N) is 3. The van der Waals surface area contributed by atoms with Crippen LogP contribution in [0.3, 0.4) is 0 Å². The highest BCUT2D eigenvalue weighted by Gasteiger charge is 2.36. The number of carbonyl (C=O) groups excluding carboxylic acids is 1. The normalized spacial score (nSPS) is 26.5. The van der Waals surface area contributed by atoms with Crippen molar-refractivity contribution in [1.29, 1.82) is 0 Å². The Labute approximate surface area is 130 Å². The van der Waals surface area contributed by atoms with E-state index in [4.69, 9.17) is 9.26 Å². The van der Waals surface area contributed by atoms with Crippen molar-refractivity contribution >= 4 is 5.91 Å². The third-order valence-corrected chi connectivity index (χ3v) is 5.06. The van der Waals surface area contributed by atoms with Crippen LogP contribution < -0.4 is 0 Å². The van der Waals surface area contributed by atoms with Gasteiger partial charge in [-0.1, -0.05) is 5.16 Å². The molecule has 3 aliphatic rings. The van der Waals surface area contributed by atoms with Gasteiger partial charge in [0.2, 0.25) is 11.8 Å². The van der Waals surface area contributed by atoms with Crippen LogP contribution in [0.1, 0.15) is 68.6 Å². The van der Waals surface area contributed by atoms with Gasteiger partial charge in [-0.05, 0) is 44.4 Å². The van der Waals surface area contributed by atoms with Crippen molar-refractivity contribution < 1.29 is 14.1 Å². The highest BCUT2D eigenvalue weighted by molar-refractivity contribution is 5.77. The van der Waals surface area contributed by atoms with Crippen molar-refractivity contribution in [2.24, 2.45) is 5.92 Å². The minimum Gasteiger partial charge on any atom is -0.381 e. The summed E-state index contributed by atoms with van der Waals surface area (Å²) in [5, 5.41) is 4.14. The molecular weight excluding hydrogens is 282 g/mol. The van der Waals surface area contributed by atoms with Crippen molar-refractivity contribution in [1.82, 2.24) is 15.0 Å². The first kappa shape index (κ1) is 14.2. The summed E-state index contributed by atoms with van der Waals surface area (Å²) < 4.78 is 10.7. The summed E-state index contributed by atoms with van der Waals surface area (Å²) in [6.07, 6.45) is 6.90. The molecule has 2 saturated heterocycles. The van der Waals surface area contributed by atoms with E-state index in [1.54, 1.807) is 0 Å². The van der Waals surface area contributed by atoms with E-state index >= 15 is 0 Å². The van der Waals surface area contributed by atoms with Gasteiger partial charge >= 0.3 is 0 Å². The summed E-state index contributed by atoms with van der Waals surface area (Å²) in [5.74, 6) is 2.65. The molecule has 1 unspecified atom stereocenters. The molecule has 0 radical (unpaired) electrons. The predicted molar refractivity (Wildman–Crippen MR) is 78.1 cm³/mol. The summed E-state index contributed by atoms with van der Waals surface area (Å²) in [7, 11) is 0. The number of amides is 1. The molecule has 0 N–H and O–H groups in total. The number of aromatic nitrogens is 2. The molecule has 1 saturated carbocycles. The quantitative estimate of drug-likeness (QED) is 0.854. The molecule has 120 valence electrons. The van der Waals surface area contributed by atoms with Crippen LogP contribution in [0.25, 0.3) is 0 Å². The molecule has 6 heteroatoms. The minimum atomic E-state index is 0.0172. The van der Waals surface area contributed by atoms with Crippen LogP contribution in [0, 0.1) is 5.92 Å². The van der Waals surface area contributed by atoms with E-state index in [9.17, 15) is 4.79 Å². The third kappa shape index (κ3) is 2.89. The average molecular weight is 305 g/mol. The largest absolute Gasteiger partial charge is 0.381 e. The van der Waals surface area contributed by atoms with Gasteiger partial charge in [0.25, 0.3) is 0 Å². The zero-order valence-corrected chi connectivity index (χ0v) is 12.9. The van der Waals surface area contributed by atoms with Gasteiger partial charge in [0.15, 0.2) is 5.82 Å². The zero-order chi connectivity index (χ0) is 14.9. The summed E-state index contributed by atoms with van der Waals surface area (Å²) >= 11 is 0. The second-order valence-corrected chi connectivity index (χ2v) is 6.77. The van der Waals surface area contributed by atoms with E-state index in [1.807, 2.05) is 4.90 Å². The minimum absolute atomic E-state index is 0.0172. The molecule has 22 heavy (non-hydrogen) atoms. The highest BCUT2D eigenvalue weighted by atomic mass is 16.5. The second kappa shape index (κ2) is 5.99. The fourth-order valence-electron chi connectivity index (χ4n) is 3.53. The van der Waals surface area contributed by atoms with E-state index < -0.39 is 0 Å². The maximum atomic E-state index is 12.6. The van der Waals surface area contributed by atoms with Crippen LogP contribution in [0.4, 0.5) is 0 Å². The Bertz CT molecular complexity index is 534. The molecule has 0 bridgehead atoms. The van der Waals surface area contributed by atoms with E-state index in [1.165, 1.54) is 0 Å². The summed E-state index contributed by atoms with van der Waals surface area (Å²) in [4.78, 5) is 19.2. The fourth-order valence-corrected chi connectivity index (χ4v) is 3.53. The number of likely N-dealkylation sites (tertiary alicyclic amines) is 1. The van der Waals surface area contributed by atoms with Crippen LogP contribution in [-0.4, -0.2) is 40.7 Å². The molecule has 1 aliphatic carbocycles. The maximum absolute atomic E-state index is 12.6. The van der Waals surface area contributed by atoms with Gasteiger partial charge in [0.05, 0.1) is 6.04 Å². The van der Waals surface area contributed by atoms with Gasteiger partial charge in [0.1, 0.15) is 0 Å². The Morgan fingerprint density at radius 2 is 2.00 bits per heavy atom. The highest BCUT2D eigenvalue weighted by Crippen LogP contribution is 2.40. The van der Waals surface area contributed by atoms with Crippen LogP contribution in [-0.2, 0) is 9.53 Å². The molecule has 6 nitrogen and oxygen atoms in total. The molecule has 0 aromatic carbocycles. The van der Waals surface area contributed by atoms with Crippen molar-refractivity contribution in [3.05, 3.63) is 11.7 Å². The first-order chi connectivity index (χ1) is 10.8. The lowest BCUT2D eigenvalue weighted by Crippen LogP contribution is -2.33. The van der Waals surface area contributed by atoms with Crippen LogP contribution in [0.5, 0.6) is 0 Å². The zero-order valence-electron chi connectivity index (χ0n) is 12.9. The smallest absolute Gasteiger partial charge is 0.229 e. The molecule has 4 rings (SSSR count). The van der Waals surface area contributed by atoms with Gasteiger partial charge in [-0.2, -0.15) is 4.98 Å². The van der Waals surface area contributed by atoms with Gasteiger partial charge < -0.3 is 14.2 Å². The summed E-state index contributed by atoms with van der Waals surface area (Å²) in [6.45, 7) is 2.40. The molecule has 0 spiro atoms. The number of hydrogen-bond acceptors (Lipinski definition) is 5. The molecule has 3 fully saturated rings. The molecule has 1 aromatic rings. The van der Waals surface area contributed by atoms with E-state index in [0.29, 0.717) is 24.1 Å². The number of ether oxygens (including phenoxy) is 1. The van der Waals surface area contributed by atoms with Crippen molar-refractivity contribution in [2.75, 3.05) is 19.8 Å². The second-order valence-electron chi connectivity index (χ2n) is 6.77. The first-order valence-electron chi connectivity index (χ1n) is 8.52. The Balaban J connectivity index is 1.41. The maximum Gasteiger partial charge on any atom is 0.229 e. The third-order valence-electron chi connectivity index (χ3n) is 5.06. The van der Waals surface area contributed by atoms with Crippen molar-refractivity contribution in [3.8, 4) is 0 Å². The molecule has 3 heterocycles. The lowest BCUT2D eigenvalue weighted by molar-refractivity contribution is -0.134. The van der Waals surface area contributed by atoms with E-state index in [0.717, 1.165) is 64.2 Å². The molecule has 1 atom stereocenters. The van der Waals surface area contributed by atoms with E-state index in [-0.39, 0.29) is 11.9 Å². The Kier molecular flexibility index (Phi) is 3.86. The van der Waals surface area contributed by atoms with Gasteiger partial charge in [-0.15, -0.1) is 0 Å². The summed E-state index contributed by atoms with van der Waals surface area (Å²) in [5.41, 5.74) is 0. The molecular formula is C16H23N3O3. The van der Waals surface area contributed by atoms with Gasteiger partial charge in [-0.3, -0.25) is 4.79 Å². The molecule has 2 aliphatic heterocycles. The van der Waals surface area contributed by atoms with Crippen LogP contribution in [0.15, 0.2) is 4.52 Å². The van der Waals surface area contributed by atoms with E-state index in [2.05, 4.69) is 10.1 Å². The predicted octanol–water partition coefficient (Wildman–Crippen LogP) is 2.43. The van der Waals surface area contributed by atoms with Crippen LogP contribution >= 0.6 is 0 Å². The SMILES string of the molecule is O=C(CC1CCOCC1)N1CCCC1c1noc(C2CC2)n1. The molecule has 1 amide bonds. The monoisotopic (exact) mass is 305 g/mol. The fraction of sp³-hybridized carbons (Fsp3) is 0.812. The first-order valence-corrected chi connectivity index (χ1v) is 8.52. The van der Waals surface area contributed by atoms with Gasteiger partial charge in [0, 0.05) is 32.1 Å². The number of carbonyl (C=O) groups is 1. The summed E-state index contributed by atoms with van der Waals surface area (Å²) in [6, 6.07) is 0.0172. The number of rotatable bonds is 4.